The van der Waals surface area contributed by atoms with Gasteiger partial charge < -0.3 is 0 Å². The zero-order chi connectivity index (χ0) is 17.1. The van der Waals surface area contributed by atoms with Gasteiger partial charge in [0.2, 0.25) is 0 Å². The zero-order valence-electron chi connectivity index (χ0n) is 11.9. The van der Waals surface area contributed by atoms with Crippen molar-refractivity contribution >= 4 is 12.3 Å². The van der Waals surface area contributed by atoms with E-state index in [4.69, 9.17) is 0 Å². The van der Waals surface area contributed by atoms with Crippen molar-refractivity contribution in [1.29, 1.82) is 0 Å². The van der Waals surface area contributed by atoms with E-state index in [9.17, 15) is 25.2 Å². The van der Waals surface area contributed by atoms with Crippen LogP contribution in [0.15, 0.2) is 47.0 Å². The third-order valence-electron chi connectivity index (χ3n) is 2.43. The van der Waals surface area contributed by atoms with E-state index in [1.807, 2.05) is 0 Å². The van der Waals surface area contributed by atoms with Crippen LogP contribution < -0.4 is 4.46 Å². The minimum atomic E-state index is -10.7. The van der Waals surface area contributed by atoms with Crippen molar-refractivity contribution in [3.8, 4) is 0 Å². The van der Waals surface area contributed by atoms with E-state index in [1.54, 1.807) is 0 Å². The molecule has 8 heteroatoms. The van der Waals surface area contributed by atoms with Crippen LogP contribution in [0.2, 0.25) is 0 Å². The van der Waals surface area contributed by atoms with Gasteiger partial charge in [0.1, 0.15) is 0 Å². The van der Waals surface area contributed by atoms with E-state index in [0.29, 0.717) is 5.92 Å². The molecule has 0 unspecified atom stereocenters. The molecule has 0 bridgehead atoms. The molecule has 2 rings (SSSR count). The third-order valence-corrected chi connectivity index (χ3v) is 3.96. The molecule has 0 radical (unpaired) electrons. The molecular formula is C14H16F6FeP-. The Hall–Kier alpha value is -0.771. The van der Waals surface area contributed by atoms with E-state index in [1.165, 1.54) is 14.5 Å². The average molecular weight is 385 g/mol. The van der Waals surface area contributed by atoms with Gasteiger partial charge in [0, 0.05) is 0 Å². The van der Waals surface area contributed by atoms with Crippen LogP contribution in [0.3, 0.4) is 0 Å². The Morgan fingerprint density at radius 2 is 1.55 bits per heavy atom. The first-order valence-corrected chi connectivity index (χ1v) is 9.50. The van der Waals surface area contributed by atoms with Crippen LogP contribution in [0.5, 0.6) is 0 Å². The number of halogens is 6. The second-order valence-electron chi connectivity index (χ2n) is 4.92. The molecule has 0 saturated heterocycles. The van der Waals surface area contributed by atoms with E-state index >= 15 is 0 Å². The van der Waals surface area contributed by atoms with Gasteiger partial charge in [0.15, 0.2) is 0 Å². The fourth-order valence-corrected chi connectivity index (χ4v) is 3.19. The van der Waals surface area contributed by atoms with Crippen LogP contribution >= 0.6 is 7.81 Å². The van der Waals surface area contributed by atoms with Crippen molar-refractivity contribution < 1.29 is 40.1 Å². The molecule has 0 aliphatic heterocycles. The number of benzene rings is 1. The summed E-state index contributed by atoms with van der Waals surface area (Å²) in [5.41, 5.74) is 1.48. The maximum absolute atomic E-state index is 10.7. The van der Waals surface area contributed by atoms with Gasteiger partial charge in [-0.2, -0.15) is 0 Å². The van der Waals surface area contributed by atoms with Crippen LogP contribution in [0.4, 0.5) is 25.2 Å². The molecule has 0 nitrogen and oxygen atoms in total. The summed E-state index contributed by atoms with van der Waals surface area (Å²) in [6.45, 7) is 4.52. The molecule has 0 heterocycles. The fourth-order valence-electron chi connectivity index (χ4n) is 1.61. The van der Waals surface area contributed by atoms with Crippen molar-refractivity contribution in [2.75, 3.05) is 0 Å². The monoisotopic (exact) mass is 385 g/mol. The standard InChI is InChI=1S/C9H11.C5H5.F6P.Fe/c1-8(2)9-6-4-3-5-7-9;1-2-4-5-3-1;1-7(2,3,4,5)6;/h3-6,8H,1-2H3;1-2,5H,3H2;;/q;;-1;. The quantitative estimate of drug-likeness (QED) is 0.307. The summed E-state index contributed by atoms with van der Waals surface area (Å²) in [7, 11) is -10.7. The molecular weight excluding hydrogens is 369 g/mol. The average Bonchev–Trinajstić information content (AvgIpc) is 2.78. The predicted octanol–water partition coefficient (Wildman–Crippen LogP) is 6.74. The van der Waals surface area contributed by atoms with Gasteiger partial charge in [-0.05, 0) is 0 Å². The van der Waals surface area contributed by atoms with Crippen molar-refractivity contribution in [2.45, 2.75) is 26.2 Å². The molecule has 0 saturated carbocycles. The molecule has 1 aromatic carbocycles. The van der Waals surface area contributed by atoms with Gasteiger partial charge in [0.05, 0.1) is 0 Å². The summed E-state index contributed by atoms with van der Waals surface area (Å²) >= 11 is 1.09. The summed E-state index contributed by atoms with van der Waals surface area (Å²) in [6.07, 6.45) is 7.90. The van der Waals surface area contributed by atoms with Gasteiger partial charge in [-0.1, -0.05) is 0 Å². The summed E-state index contributed by atoms with van der Waals surface area (Å²) in [5, 5.41) is 0. The second-order valence-corrected chi connectivity index (χ2v) is 8.35. The normalized spacial score (nSPS) is 17.6. The van der Waals surface area contributed by atoms with Crippen LogP contribution in [0.25, 0.3) is 0 Å². The van der Waals surface area contributed by atoms with Crippen LogP contribution in [0, 0.1) is 0 Å². The first-order valence-electron chi connectivity index (χ1n) is 6.37. The van der Waals surface area contributed by atoms with Crippen molar-refractivity contribution in [2.24, 2.45) is 0 Å². The van der Waals surface area contributed by atoms with E-state index in [0.717, 1.165) is 21.4 Å². The number of hydrogen-bond donors (Lipinski definition) is 0. The topological polar surface area (TPSA) is 0 Å². The van der Waals surface area contributed by atoms with Crippen LogP contribution in [0.1, 0.15) is 31.7 Å². The Morgan fingerprint density at radius 1 is 1.00 bits per heavy atom. The molecule has 1 aromatic rings. The Bertz CT molecular complexity index is 575. The molecule has 22 heavy (non-hydrogen) atoms. The van der Waals surface area contributed by atoms with Crippen molar-refractivity contribution in [1.82, 2.24) is 0 Å². The van der Waals surface area contributed by atoms with Gasteiger partial charge in [-0.3, -0.25) is 0 Å². The predicted molar refractivity (Wildman–Crippen MR) is 75.6 cm³/mol. The molecule has 0 aromatic heterocycles. The maximum atomic E-state index is 9.87. The molecule has 0 spiro atoms. The van der Waals surface area contributed by atoms with Crippen LogP contribution in [-0.4, -0.2) is 0 Å². The Kier molecular flexibility index (Phi) is 5.28. The molecule has 1 aliphatic carbocycles. The summed E-state index contributed by atoms with van der Waals surface area (Å²) in [5.74, 6) is 0.618. The van der Waals surface area contributed by atoms with E-state index < -0.39 is 7.81 Å². The molecule has 0 fully saturated rings. The van der Waals surface area contributed by atoms with Crippen LogP contribution in [-0.2, 0) is 15.0 Å². The summed E-state index contributed by atoms with van der Waals surface area (Å²) in [4.78, 5) is 0. The number of hydrogen-bond acceptors (Lipinski definition) is 0. The fraction of sp³-hybridized carbons (Fsp3) is 0.286. The first-order chi connectivity index (χ1) is 9.72. The van der Waals surface area contributed by atoms with E-state index in [2.05, 4.69) is 56.3 Å². The summed E-state index contributed by atoms with van der Waals surface area (Å²) in [6, 6.07) is 8.78. The molecule has 128 valence electrons. The first kappa shape index (κ1) is 19.3. The Morgan fingerprint density at radius 3 is 2.00 bits per heavy atom. The summed E-state index contributed by atoms with van der Waals surface area (Å²) < 4.78 is 62.1. The zero-order valence-corrected chi connectivity index (χ0v) is 13.9. The van der Waals surface area contributed by atoms with Gasteiger partial charge in [0.25, 0.3) is 0 Å². The minimum absolute atomic E-state index is 0.618. The van der Waals surface area contributed by atoms with Gasteiger partial charge >= 0.3 is 131 Å². The van der Waals surface area contributed by atoms with Crippen molar-refractivity contribution in [3.63, 3.8) is 0 Å². The molecule has 0 amide bonds. The molecule has 0 N–H and O–H groups in total. The number of rotatable bonds is 3. The van der Waals surface area contributed by atoms with Gasteiger partial charge in [-0.15, -0.1) is 0 Å². The Labute approximate surface area is 131 Å². The second kappa shape index (κ2) is 6.03. The van der Waals surface area contributed by atoms with Crippen molar-refractivity contribution in [3.05, 3.63) is 52.5 Å². The number of allylic oxidation sites excluding steroid dienone is 4. The SMILES string of the molecule is CC(C)c1cccc[c]1[Fe][C]1=CCC=C1.F[P-](F)(F)(F)(F)F. The Balaban J connectivity index is 0.000000295. The molecule has 0 atom stereocenters. The van der Waals surface area contributed by atoms with Gasteiger partial charge in [-0.25, -0.2) is 0 Å². The van der Waals surface area contributed by atoms with E-state index in [-0.39, 0.29) is 0 Å². The third kappa shape index (κ3) is 10.0. The molecule has 1 aliphatic rings.